The number of nitrogens with zero attached hydrogens (tertiary/aromatic N) is 1. The van der Waals surface area contributed by atoms with Crippen LogP contribution in [0.15, 0.2) is 54.6 Å². The smallest absolute Gasteiger partial charge is 0.119 e. The van der Waals surface area contributed by atoms with Crippen LogP contribution >= 0.6 is 0 Å². The first-order valence-electron chi connectivity index (χ1n) is 8.79. The molecule has 0 fully saturated rings. The topological polar surface area (TPSA) is 49.9 Å². The van der Waals surface area contributed by atoms with Gasteiger partial charge in [0, 0.05) is 29.8 Å². The quantitative estimate of drug-likeness (QED) is 0.651. The highest BCUT2D eigenvalue weighted by atomic mass is 16.5. The van der Waals surface area contributed by atoms with E-state index in [1.807, 2.05) is 18.2 Å². The average Bonchev–Trinajstić information content (AvgIpc) is 3.02. The molecular weight excluding hydrogens is 310 g/mol. The summed E-state index contributed by atoms with van der Waals surface area (Å²) in [6.45, 7) is 6.58. The predicted molar refractivity (Wildman–Crippen MR) is 102 cm³/mol. The van der Waals surface area contributed by atoms with Crippen LogP contribution in [-0.2, 0) is 13.0 Å². The van der Waals surface area contributed by atoms with Gasteiger partial charge >= 0.3 is 0 Å². The predicted octanol–water partition coefficient (Wildman–Crippen LogP) is 4.12. The zero-order valence-electron chi connectivity index (χ0n) is 14.9. The van der Waals surface area contributed by atoms with E-state index in [0.29, 0.717) is 6.61 Å². The van der Waals surface area contributed by atoms with Crippen molar-refractivity contribution in [3.8, 4) is 17.0 Å². The molecule has 0 amide bonds. The van der Waals surface area contributed by atoms with Gasteiger partial charge in [-0.1, -0.05) is 49.4 Å². The van der Waals surface area contributed by atoms with Crippen molar-refractivity contribution in [1.82, 2.24) is 15.5 Å². The SMILES string of the molecule is CCNCc1c(-c2cccc(OCCc3ccccc3)c2)n[nH]c1C. The van der Waals surface area contributed by atoms with Gasteiger partial charge in [-0.3, -0.25) is 5.10 Å². The lowest BCUT2D eigenvalue weighted by Crippen LogP contribution is -2.12. The van der Waals surface area contributed by atoms with Crippen LogP contribution < -0.4 is 10.1 Å². The molecule has 0 atom stereocenters. The highest BCUT2D eigenvalue weighted by Gasteiger charge is 2.12. The Morgan fingerprint density at radius 1 is 1.08 bits per heavy atom. The van der Waals surface area contributed by atoms with Crippen molar-refractivity contribution in [3.63, 3.8) is 0 Å². The third kappa shape index (κ3) is 4.48. The van der Waals surface area contributed by atoms with Crippen LogP contribution in [0, 0.1) is 6.92 Å². The molecule has 3 rings (SSSR count). The minimum atomic E-state index is 0.664. The number of rotatable bonds is 8. The van der Waals surface area contributed by atoms with E-state index in [9.17, 15) is 0 Å². The lowest BCUT2D eigenvalue weighted by molar-refractivity contribution is 0.322. The Hall–Kier alpha value is -2.59. The molecule has 2 N–H and O–H groups in total. The lowest BCUT2D eigenvalue weighted by Gasteiger charge is -2.09. The zero-order chi connectivity index (χ0) is 17.5. The fourth-order valence-corrected chi connectivity index (χ4v) is 2.82. The molecule has 0 spiro atoms. The largest absolute Gasteiger partial charge is 0.493 e. The fraction of sp³-hybridized carbons (Fsp3) is 0.286. The molecule has 0 bridgehead atoms. The van der Waals surface area contributed by atoms with E-state index in [0.717, 1.165) is 42.2 Å². The molecule has 1 heterocycles. The fourth-order valence-electron chi connectivity index (χ4n) is 2.82. The van der Waals surface area contributed by atoms with Crippen LogP contribution in [0.2, 0.25) is 0 Å². The first kappa shape index (κ1) is 17.2. The number of benzene rings is 2. The van der Waals surface area contributed by atoms with Crippen molar-refractivity contribution < 1.29 is 4.74 Å². The molecular formula is C21H25N3O. The molecule has 0 aliphatic heterocycles. The van der Waals surface area contributed by atoms with Crippen LogP contribution in [-0.4, -0.2) is 23.3 Å². The van der Waals surface area contributed by atoms with E-state index < -0.39 is 0 Å². The Bertz CT molecular complexity index is 796. The summed E-state index contributed by atoms with van der Waals surface area (Å²) in [5.74, 6) is 0.878. The van der Waals surface area contributed by atoms with Gasteiger partial charge in [0.25, 0.3) is 0 Å². The summed E-state index contributed by atoms with van der Waals surface area (Å²) in [7, 11) is 0. The number of aryl methyl sites for hydroxylation is 1. The van der Waals surface area contributed by atoms with Crippen molar-refractivity contribution in [2.24, 2.45) is 0 Å². The van der Waals surface area contributed by atoms with Crippen LogP contribution in [0.5, 0.6) is 5.75 Å². The Morgan fingerprint density at radius 3 is 2.72 bits per heavy atom. The van der Waals surface area contributed by atoms with E-state index in [1.54, 1.807) is 0 Å². The number of ether oxygens (including phenoxy) is 1. The number of aromatic amines is 1. The average molecular weight is 335 g/mol. The maximum absolute atomic E-state index is 5.95. The van der Waals surface area contributed by atoms with Crippen molar-refractivity contribution in [2.75, 3.05) is 13.2 Å². The molecule has 0 saturated heterocycles. The third-order valence-corrected chi connectivity index (χ3v) is 4.24. The molecule has 1 aromatic heterocycles. The summed E-state index contributed by atoms with van der Waals surface area (Å²) < 4.78 is 5.95. The molecule has 3 aromatic rings. The Morgan fingerprint density at radius 2 is 1.92 bits per heavy atom. The first-order chi connectivity index (χ1) is 12.3. The molecule has 0 aliphatic rings. The highest BCUT2D eigenvalue weighted by molar-refractivity contribution is 5.65. The molecule has 0 unspecified atom stereocenters. The van der Waals surface area contributed by atoms with Gasteiger partial charge in [0.05, 0.1) is 12.3 Å². The van der Waals surface area contributed by atoms with Gasteiger partial charge in [0.1, 0.15) is 5.75 Å². The molecule has 25 heavy (non-hydrogen) atoms. The monoisotopic (exact) mass is 335 g/mol. The van der Waals surface area contributed by atoms with Crippen molar-refractivity contribution in [3.05, 3.63) is 71.4 Å². The summed E-state index contributed by atoms with van der Waals surface area (Å²) in [6.07, 6.45) is 0.901. The van der Waals surface area contributed by atoms with E-state index in [-0.39, 0.29) is 0 Å². The van der Waals surface area contributed by atoms with Crippen molar-refractivity contribution in [2.45, 2.75) is 26.8 Å². The molecule has 4 nitrogen and oxygen atoms in total. The van der Waals surface area contributed by atoms with Gasteiger partial charge in [-0.15, -0.1) is 0 Å². The molecule has 130 valence electrons. The Balaban J connectivity index is 1.69. The second-order valence-corrected chi connectivity index (χ2v) is 6.07. The van der Waals surface area contributed by atoms with E-state index >= 15 is 0 Å². The summed E-state index contributed by atoms with van der Waals surface area (Å²) in [6, 6.07) is 18.6. The summed E-state index contributed by atoms with van der Waals surface area (Å²) >= 11 is 0. The zero-order valence-corrected chi connectivity index (χ0v) is 14.9. The summed E-state index contributed by atoms with van der Waals surface area (Å²) in [5.41, 5.74) is 5.67. The second kappa shape index (κ2) is 8.49. The van der Waals surface area contributed by atoms with Gasteiger partial charge in [0.15, 0.2) is 0 Å². The van der Waals surface area contributed by atoms with Crippen molar-refractivity contribution in [1.29, 1.82) is 0 Å². The van der Waals surface area contributed by atoms with Crippen LogP contribution in [0.3, 0.4) is 0 Å². The Kier molecular flexibility index (Phi) is 5.86. The number of H-pyrrole nitrogens is 1. The Labute approximate surface area is 149 Å². The normalized spacial score (nSPS) is 10.8. The van der Waals surface area contributed by atoms with Gasteiger partial charge in [0.2, 0.25) is 0 Å². The van der Waals surface area contributed by atoms with E-state index in [4.69, 9.17) is 4.74 Å². The van der Waals surface area contributed by atoms with Gasteiger partial charge < -0.3 is 10.1 Å². The minimum Gasteiger partial charge on any atom is -0.493 e. The maximum Gasteiger partial charge on any atom is 0.119 e. The second-order valence-electron chi connectivity index (χ2n) is 6.07. The minimum absolute atomic E-state index is 0.664. The molecule has 0 saturated carbocycles. The van der Waals surface area contributed by atoms with E-state index in [1.165, 1.54) is 11.1 Å². The standard InChI is InChI=1S/C21H25N3O/c1-3-22-15-20-16(2)23-24-21(20)18-10-7-11-19(14-18)25-13-12-17-8-5-4-6-9-17/h4-11,14,22H,3,12-13,15H2,1-2H3,(H,23,24). The third-order valence-electron chi connectivity index (χ3n) is 4.24. The van der Waals surface area contributed by atoms with Crippen LogP contribution in [0.4, 0.5) is 0 Å². The number of aromatic nitrogens is 2. The van der Waals surface area contributed by atoms with Gasteiger partial charge in [-0.25, -0.2) is 0 Å². The summed E-state index contributed by atoms with van der Waals surface area (Å²) in [5, 5.41) is 11.0. The van der Waals surface area contributed by atoms with Crippen molar-refractivity contribution >= 4 is 0 Å². The summed E-state index contributed by atoms with van der Waals surface area (Å²) in [4.78, 5) is 0. The number of hydrogen-bond donors (Lipinski definition) is 2. The molecule has 4 heteroatoms. The van der Waals surface area contributed by atoms with Gasteiger partial charge in [-0.05, 0) is 31.2 Å². The van der Waals surface area contributed by atoms with Crippen LogP contribution in [0.25, 0.3) is 11.3 Å². The first-order valence-corrected chi connectivity index (χ1v) is 8.79. The number of hydrogen-bond acceptors (Lipinski definition) is 3. The van der Waals surface area contributed by atoms with Gasteiger partial charge in [-0.2, -0.15) is 5.10 Å². The molecule has 2 aromatic carbocycles. The van der Waals surface area contributed by atoms with Crippen LogP contribution in [0.1, 0.15) is 23.7 Å². The lowest BCUT2D eigenvalue weighted by atomic mass is 10.1. The maximum atomic E-state index is 5.95. The number of nitrogens with one attached hydrogen (secondary N) is 2. The highest BCUT2D eigenvalue weighted by Crippen LogP contribution is 2.27. The molecule has 0 radical (unpaired) electrons. The molecule has 0 aliphatic carbocycles. The van der Waals surface area contributed by atoms with E-state index in [2.05, 4.69) is 65.8 Å².